The van der Waals surface area contributed by atoms with Crippen LogP contribution >= 0.6 is 0 Å². The van der Waals surface area contributed by atoms with Crippen molar-refractivity contribution in [2.75, 3.05) is 33.3 Å². The molecule has 6 heteroatoms. The Kier molecular flexibility index (Phi) is 6.80. The van der Waals surface area contributed by atoms with Gasteiger partial charge in [0, 0.05) is 43.6 Å². The lowest BCUT2D eigenvalue weighted by Gasteiger charge is -2.25. The van der Waals surface area contributed by atoms with Crippen molar-refractivity contribution >= 4 is 11.9 Å². The molecule has 2 fully saturated rings. The Labute approximate surface area is 190 Å². The summed E-state index contributed by atoms with van der Waals surface area (Å²) in [5.74, 6) is 0.828. The molecule has 2 aromatic carbocycles. The van der Waals surface area contributed by atoms with E-state index < -0.39 is 0 Å². The van der Waals surface area contributed by atoms with Gasteiger partial charge in [0.25, 0.3) is 0 Å². The highest BCUT2D eigenvalue weighted by atomic mass is 16.5. The number of methoxy groups -OCH3 is 1. The quantitative estimate of drug-likeness (QED) is 0.617. The van der Waals surface area contributed by atoms with Crippen LogP contribution in [0.25, 0.3) is 0 Å². The molecule has 1 unspecified atom stereocenters. The molecule has 170 valence electrons. The van der Waals surface area contributed by atoms with E-state index in [1.54, 1.807) is 12.1 Å². The summed E-state index contributed by atoms with van der Waals surface area (Å²) < 4.78 is 10.9. The lowest BCUT2D eigenvalue weighted by Crippen LogP contribution is -2.33. The third-order valence-corrected chi connectivity index (χ3v) is 6.75. The number of amides is 1. The van der Waals surface area contributed by atoms with Crippen LogP contribution in [0.4, 0.5) is 0 Å². The van der Waals surface area contributed by atoms with Crippen molar-refractivity contribution in [3.8, 4) is 5.75 Å². The molecule has 0 bridgehead atoms. The monoisotopic (exact) mass is 436 g/mol. The largest absolute Gasteiger partial charge is 0.489 e. The molecule has 2 heterocycles. The van der Waals surface area contributed by atoms with Crippen molar-refractivity contribution in [3.63, 3.8) is 0 Å². The fourth-order valence-electron chi connectivity index (χ4n) is 4.90. The van der Waals surface area contributed by atoms with Gasteiger partial charge in [0.1, 0.15) is 12.4 Å². The van der Waals surface area contributed by atoms with Gasteiger partial charge in [0.05, 0.1) is 12.7 Å². The van der Waals surface area contributed by atoms with Crippen LogP contribution in [-0.2, 0) is 22.7 Å². The van der Waals surface area contributed by atoms with Crippen molar-refractivity contribution in [1.82, 2.24) is 9.80 Å². The molecule has 2 aromatic rings. The second kappa shape index (κ2) is 9.74. The minimum absolute atomic E-state index is 0.252. The number of nitrogens with zero attached hydrogens (tertiary/aromatic N) is 2. The van der Waals surface area contributed by atoms with E-state index in [2.05, 4.69) is 17.0 Å². The van der Waals surface area contributed by atoms with E-state index in [0.29, 0.717) is 18.6 Å². The first-order chi connectivity index (χ1) is 15.5. The van der Waals surface area contributed by atoms with E-state index in [1.165, 1.54) is 12.7 Å². The average Bonchev–Trinajstić information content (AvgIpc) is 3.43. The summed E-state index contributed by atoms with van der Waals surface area (Å²) in [5, 5.41) is 0. The summed E-state index contributed by atoms with van der Waals surface area (Å²) >= 11 is 0. The third kappa shape index (κ3) is 4.96. The van der Waals surface area contributed by atoms with Gasteiger partial charge in [0.2, 0.25) is 5.91 Å². The highest BCUT2D eigenvalue weighted by molar-refractivity contribution is 5.89. The van der Waals surface area contributed by atoms with Crippen LogP contribution in [0.2, 0.25) is 0 Å². The van der Waals surface area contributed by atoms with Gasteiger partial charge >= 0.3 is 5.97 Å². The number of esters is 1. The molecule has 0 aromatic heterocycles. The Morgan fingerprint density at radius 1 is 1.00 bits per heavy atom. The van der Waals surface area contributed by atoms with Crippen molar-refractivity contribution < 1.29 is 19.1 Å². The van der Waals surface area contributed by atoms with E-state index in [9.17, 15) is 9.59 Å². The topological polar surface area (TPSA) is 59.1 Å². The summed E-state index contributed by atoms with van der Waals surface area (Å²) in [4.78, 5) is 28.2. The lowest BCUT2D eigenvalue weighted by molar-refractivity contribution is -0.130. The Morgan fingerprint density at radius 3 is 2.50 bits per heavy atom. The first-order valence-corrected chi connectivity index (χ1v) is 11.4. The molecule has 0 saturated carbocycles. The molecule has 0 N–H and O–H groups in total. The standard InChI is InChI=1S/C26H32N2O4/c1-3-24(29)28-15-13-26(19-28)12-14-27(18-26)16-22-6-4-5-7-23(22)32-17-20-8-10-21(11-9-20)25(30)31-2/h4-11H,3,12-19H2,1-2H3. The van der Waals surface area contributed by atoms with Gasteiger partial charge in [-0.15, -0.1) is 0 Å². The fraction of sp³-hybridized carbons (Fsp3) is 0.462. The van der Waals surface area contributed by atoms with E-state index in [-0.39, 0.29) is 17.3 Å². The smallest absolute Gasteiger partial charge is 0.337 e. The molecule has 2 aliphatic heterocycles. The lowest BCUT2D eigenvalue weighted by atomic mass is 9.86. The molecule has 0 aliphatic carbocycles. The molecule has 1 amide bonds. The molecule has 2 saturated heterocycles. The van der Waals surface area contributed by atoms with Gasteiger partial charge in [-0.25, -0.2) is 4.79 Å². The molecular formula is C26H32N2O4. The zero-order valence-electron chi connectivity index (χ0n) is 19.0. The second-order valence-corrected chi connectivity index (χ2v) is 8.96. The molecule has 1 atom stereocenters. The van der Waals surface area contributed by atoms with Crippen LogP contribution in [0, 0.1) is 5.41 Å². The van der Waals surface area contributed by atoms with E-state index >= 15 is 0 Å². The van der Waals surface area contributed by atoms with Crippen molar-refractivity contribution in [2.24, 2.45) is 5.41 Å². The SMILES string of the molecule is CCC(=O)N1CCC2(CCN(Cc3ccccc3OCc3ccc(C(=O)OC)cc3)C2)C1. The molecule has 2 aliphatic rings. The fourth-order valence-corrected chi connectivity index (χ4v) is 4.90. The minimum atomic E-state index is -0.337. The van der Waals surface area contributed by atoms with Crippen LogP contribution in [0.1, 0.15) is 47.7 Å². The molecule has 32 heavy (non-hydrogen) atoms. The average molecular weight is 437 g/mol. The number of carbonyl (C=O) groups is 2. The molecule has 6 nitrogen and oxygen atoms in total. The first-order valence-electron chi connectivity index (χ1n) is 11.4. The zero-order valence-corrected chi connectivity index (χ0v) is 19.0. The summed E-state index contributed by atoms with van der Waals surface area (Å²) in [7, 11) is 1.38. The Hall–Kier alpha value is -2.86. The summed E-state index contributed by atoms with van der Waals surface area (Å²) in [6, 6.07) is 15.5. The summed E-state index contributed by atoms with van der Waals surface area (Å²) in [6.45, 7) is 7.11. The maximum atomic E-state index is 12.1. The van der Waals surface area contributed by atoms with Crippen LogP contribution in [0.15, 0.2) is 48.5 Å². The van der Waals surface area contributed by atoms with Crippen LogP contribution in [0.5, 0.6) is 5.75 Å². The van der Waals surface area contributed by atoms with E-state index in [4.69, 9.17) is 9.47 Å². The molecule has 4 rings (SSSR count). The normalized spacial score (nSPS) is 20.6. The number of para-hydroxylation sites is 1. The highest BCUT2D eigenvalue weighted by Gasteiger charge is 2.44. The van der Waals surface area contributed by atoms with E-state index in [1.807, 2.05) is 36.1 Å². The van der Waals surface area contributed by atoms with Crippen LogP contribution in [0.3, 0.4) is 0 Å². The Balaban J connectivity index is 1.35. The number of ether oxygens (including phenoxy) is 2. The van der Waals surface area contributed by atoms with Gasteiger partial charge in [-0.3, -0.25) is 9.69 Å². The highest BCUT2D eigenvalue weighted by Crippen LogP contribution is 2.40. The number of hydrogen-bond acceptors (Lipinski definition) is 5. The third-order valence-electron chi connectivity index (χ3n) is 6.75. The molecule has 0 radical (unpaired) electrons. The van der Waals surface area contributed by atoms with Gasteiger partial charge in [-0.05, 0) is 43.1 Å². The Morgan fingerprint density at radius 2 is 1.75 bits per heavy atom. The van der Waals surface area contributed by atoms with Gasteiger partial charge in [-0.2, -0.15) is 0 Å². The van der Waals surface area contributed by atoms with Crippen molar-refractivity contribution in [2.45, 2.75) is 39.3 Å². The van der Waals surface area contributed by atoms with Gasteiger partial charge < -0.3 is 14.4 Å². The van der Waals surface area contributed by atoms with E-state index in [0.717, 1.165) is 56.9 Å². The second-order valence-electron chi connectivity index (χ2n) is 8.96. The van der Waals surface area contributed by atoms with Gasteiger partial charge in [0.15, 0.2) is 0 Å². The molecule has 1 spiro atoms. The Bertz CT molecular complexity index is 959. The minimum Gasteiger partial charge on any atom is -0.489 e. The molecular weight excluding hydrogens is 404 g/mol. The van der Waals surface area contributed by atoms with Gasteiger partial charge in [-0.1, -0.05) is 37.3 Å². The number of benzene rings is 2. The van der Waals surface area contributed by atoms with Crippen molar-refractivity contribution in [3.05, 3.63) is 65.2 Å². The number of hydrogen-bond donors (Lipinski definition) is 0. The number of carbonyl (C=O) groups excluding carboxylic acids is 2. The van der Waals surface area contributed by atoms with Crippen molar-refractivity contribution in [1.29, 1.82) is 0 Å². The number of rotatable bonds is 7. The maximum absolute atomic E-state index is 12.1. The maximum Gasteiger partial charge on any atom is 0.337 e. The van der Waals surface area contributed by atoms with Crippen LogP contribution in [-0.4, -0.2) is 55.0 Å². The number of likely N-dealkylation sites (tertiary alicyclic amines) is 2. The zero-order chi connectivity index (χ0) is 22.6. The van der Waals surface area contributed by atoms with Crippen LogP contribution < -0.4 is 4.74 Å². The summed E-state index contributed by atoms with van der Waals surface area (Å²) in [5.41, 5.74) is 2.96. The first kappa shape index (κ1) is 22.3. The summed E-state index contributed by atoms with van der Waals surface area (Å²) in [6.07, 6.45) is 2.85. The predicted octanol–water partition coefficient (Wildman–Crippen LogP) is 3.89. The predicted molar refractivity (Wildman–Crippen MR) is 122 cm³/mol.